The summed E-state index contributed by atoms with van der Waals surface area (Å²) in [6.07, 6.45) is 0. The van der Waals surface area contributed by atoms with E-state index in [0.29, 0.717) is 13.1 Å². The third kappa shape index (κ3) is 1900. The summed E-state index contributed by atoms with van der Waals surface area (Å²) in [6, 6.07) is 0. The average Bonchev–Trinajstić information content (AvgIpc) is 2.13. The molecule has 0 atom stereocenters. The van der Waals surface area contributed by atoms with Crippen molar-refractivity contribution in [1.29, 1.82) is 0 Å². The number of nitrogens with two attached hydrogens (primary N) is 2. The van der Waals surface area contributed by atoms with Gasteiger partial charge in [0.05, 0.1) is 20.3 Å². The van der Waals surface area contributed by atoms with Gasteiger partial charge in [-0.3, -0.25) is 0 Å². The Hall–Kier alpha value is -1.96. The van der Waals surface area contributed by atoms with Crippen LogP contribution in [0.15, 0.2) is 0 Å². The number of nitrogens with zero attached hydrogens (tertiary/aromatic N) is 4. The summed E-state index contributed by atoms with van der Waals surface area (Å²) < 4.78 is 0. The quantitative estimate of drug-likeness (QED) is 0.158. The first-order valence-corrected chi connectivity index (χ1v) is 4.01. The predicted molar refractivity (Wildman–Crippen MR) is 74.7 cm³/mol. The number of hydrogen-bond donors (Lipinski definition) is 2. The van der Waals surface area contributed by atoms with E-state index >= 15 is 0 Å². The molecule has 0 aromatic rings. The fourth-order valence-electron chi connectivity index (χ4n) is 0. The molecule has 156 valence electrons. The first-order chi connectivity index (χ1) is 9.76. The van der Waals surface area contributed by atoms with Crippen LogP contribution in [0.2, 0.25) is 0 Å². The van der Waals surface area contributed by atoms with E-state index in [2.05, 4.69) is 13.8 Å². The minimum Gasteiger partial charge on any atom is -0.360 e. The molecule has 0 aromatic heterocycles. The molecule has 0 bridgehead atoms. The minimum absolute atomic E-state index is 0. The molecule has 24 heavy (non-hydrogen) atoms. The molecule has 0 saturated heterocycles. The normalized spacial score (nSPS) is 5.50. The van der Waals surface area contributed by atoms with Crippen molar-refractivity contribution in [2.24, 2.45) is 11.5 Å². The van der Waals surface area contributed by atoms with Gasteiger partial charge in [0.2, 0.25) is 0 Å². The van der Waals surface area contributed by atoms with E-state index in [1.165, 1.54) is 0 Å². The summed E-state index contributed by atoms with van der Waals surface area (Å²) in [6.45, 7) is 7.53. The van der Waals surface area contributed by atoms with Gasteiger partial charge in [0.25, 0.3) is 0 Å². The van der Waals surface area contributed by atoms with Crippen LogP contribution in [0.1, 0.15) is 5.71 Å². The van der Waals surface area contributed by atoms with Crippen molar-refractivity contribution in [1.82, 2.24) is 0 Å². The molecule has 0 saturated carbocycles. The van der Waals surface area contributed by atoms with Gasteiger partial charge in [0, 0.05) is 40.8 Å². The van der Waals surface area contributed by atoms with Crippen LogP contribution in [-0.4, -0.2) is 33.4 Å². The van der Waals surface area contributed by atoms with Crippen LogP contribution in [0, 0.1) is 75.1 Å². The van der Waals surface area contributed by atoms with Gasteiger partial charge in [-0.25, -0.2) is 0 Å². The van der Waals surface area contributed by atoms with E-state index in [9.17, 15) is 0 Å². The van der Waals surface area contributed by atoms with Gasteiger partial charge in [0.1, 0.15) is 0 Å². The second kappa shape index (κ2) is 58.3. The fourth-order valence-corrected chi connectivity index (χ4v) is 0. The van der Waals surface area contributed by atoms with E-state index in [0.717, 1.165) is 0 Å². The van der Waals surface area contributed by atoms with Crippen LogP contribution < -0.4 is 11.5 Å². The molecule has 0 aliphatic rings. The molecule has 0 spiro atoms. The molecular formula is C4H16N6O12Pd2-2. The zero-order valence-corrected chi connectivity index (χ0v) is 14.4. The molecule has 0 aromatic carbocycles. The third-order valence-corrected chi connectivity index (χ3v) is 0. The monoisotopic (exact) mass is 552 g/mol. The molecule has 18 nitrogen and oxygen atoms in total. The van der Waals surface area contributed by atoms with Crippen molar-refractivity contribution in [2.45, 2.75) is 0 Å². The van der Waals surface area contributed by atoms with Crippen molar-refractivity contribution >= 4 is 0 Å². The Balaban J connectivity index is -0.0000000106. The van der Waals surface area contributed by atoms with Gasteiger partial charge in [-0.1, -0.05) is 0 Å². The number of rotatable bonds is 0. The Morgan fingerprint density at radius 2 is 0.583 bits per heavy atom. The predicted octanol–water partition coefficient (Wildman–Crippen LogP) is -0.953. The van der Waals surface area contributed by atoms with Crippen molar-refractivity contribution in [2.75, 3.05) is 13.1 Å². The SMILES string of the molecule is O=[N+]([O-])[O-].O=[N+]([O-])[O-].O=[N+]([O-])[O-].O=[N+]([O-])[O-].[CH2-]CN.[CH2-]CN.[H+].[H+].[H+].[H+].[Pd].[Pd]. The molecule has 0 radical (unpaired) electrons. The van der Waals surface area contributed by atoms with Gasteiger partial charge in [-0.15, -0.1) is 13.1 Å². The van der Waals surface area contributed by atoms with Gasteiger partial charge < -0.3 is 86.6 Å². The van der Waals surface area contributed by atoms with Gasteiger partial charge in [0.15, 0.2) is 0 Å². The topological polar surface area (TPSA) is 317 Å². The fraction of sp³-hybridized carbons (Fsp3) is 0.500. The Bertz CT molecular complexity index is 220. The van der Waals surface area contributed by atoms with Crippen LogP contribution in [0.25, 0.3) is 0 Å². The maximum Gasteiger partial charge on any atom is 1.00 e. The van der Waals surface area contributed by atoms with E-state index in [4.69, 9.17) is 72.8 Å². The molecule has 0 aliphatic heterocycles. The largest absolute Gasteiger partial charge is 1.00 e. The van der Waals surface area contributed by atoms with Gasteiger partial charge >= 0.3 is 5.71 Å². The molecule has 0 rings (SSSR count). The Morgan fingerprint density at radius 3 is 0.583 bits per heavy atom. The summed E-state index contributed by atoms with van der Waals surface area (Å²) in [5.41, 5.74) is 9.47. The molecule has 4 N–H and O–H groups in total. The summed E-state index contributed by atoms with van der Waals surface area (Å²) in [5.74, 6) is 0. The van der Waals surface area contributed by atoms with Crippen molar-refractivity contribution < 1.29 is 66.9 Å². The Kier molecular flexibility index (Phi) is 120. The standard InChI is InChI=1S/2C2H6N.4NO3.2Pd/c2*1-2-3;4*2-1(3)4;;/h2*1-3H2;;;;;;/q6*-1;;/p+4. The third-order valence-electron chi connectivity index (χ3n) is 0. The molecule has 0 heterocycles. The van der Waals surface area contributed by atoms with Crippen LogP contribution in [0.4, 0.5) is 0 Å². The van der Waals surface area contributed by atoms with Crippen molar-refractivity contribution in [3.63, 3.8) is 0 Å². The smallest absolute Gasteiger partial charge is 0.360 e. The van der Waals surface area contributed by atoms with Crippen LogP contribution in [0.5, 0.6) is 0 Å². The van der Waals surface area contributed by atoms with E-state index in [1.54, 1.807) is 0 Å². The maximum absolute atomic E-state index is 8.25. The van der Waals surface area contributed by atoms with Crippen molar-refractivity contribution in [3.8, 4) is 0 Å². The Morgan fingerprint density at radius 1 is 0.583 bits per heavy atom. The van der Waals surface area contributed by atoms with Crippen LogP contribution in [-0.2, 0) is 40.8 Å². The Labute approximate surface area is 167 Å². The molecule has 0 unspecified atom stereocenters. The second-order valence-electron chi connectivity index (χ2n) is 1.47. The van der Waals surface area contributed by atoms with E-state index < -0.39 is 20.3 Å². The molecule has 0 aliphatic carbocycles. The first-order valence-electron chi connectivity index (χ1n) is 4.01. The average molecular weight is 553 g/mol. The van der Waals surface area contributed by atoms with Gasteiger partial charge in [-0.05, 0) is 0 Å². The summed E-state index contributed by atoms with van der Waals surface area (Å²) in [4.78, 5) is 33.0. The summed E-state index contributed by atoms with van der Waals surface area (Å²) in [7, 11) is 0. The second-order valence-corrected chi connectivity index (χ2v) is 1.47. The molecular weight excluding hydrogens is 537 g/mol. The molecule has 0 fully saturated rings. The van der Waals surface area contributed by atoms with E-state index in [1.807, 2.05) is 0 Å². The summed E-state index contributed by atoms with van der Waals surface area (Å²) >= 11 is 0. The van der Waals surface area contributed by atoms with Crippen LogP contribution >= 0.6 is 0 Å². The first kappa shape index (κ1) is 49.5. The minimum atomic E-state index is -1.75. The zero-order valence-electron chi connectivity index (χ0n) is 15.3. The van der Waals surface area contributed by atoms with Crippen molar-refractivity contribution in [3.05, 3.63) is 75.1 Å². The zero-order chi connectivity index (χ0) is 19.7. The number of hydrogen-bond acceptors (Lipinski definition) is 14. The maximum atomic E-state index is 8.25. The van der Waals surface area contributed by atoms with Crippen LogP contribution in [0.3, 0.4) is 0 Å². The molecule has 20 heteroatoms. The van der Waals surface area contributed by atoms with Gasteiger partial charge in [-0.2, -0.15) is 0 Å². The van der Waals surface area contributed by atoms with E-state index in [-0.39, 0.29) is 46.6 Å². The molecule has 0 amide bonds. The summed E-state index contributed by atoms with van der Waals surface area (Å²) in [5, 5.41) is 59.0.